The molecule has 5 heteroatoms. The molecule has 106 valence electrons. The highest BCUT2D eigenvalue weighted by Crippen LogP contribution is 2.05. The lowest BCUT2D eigenvalue weighted by molar-refractivity contribution is 0.352. The van der Waals surface area contributed by atoms with Crippen LogP contribution in [0.4, 0.5) is 0 Å². The SMILES string of the molecule is C(C1=NCCO1)=c1[nH]c(=CC2=NCCO2)c2ccccc12. The van der Waals surface area contributed by atoms with E-state index in [4.69, 9.17) is 9.47 Å². The lowest BCUT2D eigenvalue weighted by Crippen LogP contribution is -2.14. The predicted octanol–water partition coefficient (Wildman–Crippen LogP) is 0.586. The molecular weight excluding hydrogens is 266 g/mol. The van der Waals surface area contributed by atoms with Crippen LogP contribution in [-0.2, 0) is 9.47 Å². The quantitative estimate of drug-likeness (QED) is 0.875. The molecule has 0 saturated carbocycles. The van der Waals surface area contributed by atoms with Gasteiger partial charge in [0, 0.05) is 22.9 Å². The first-order chi connectivity index (χ1) is 10.4. The van der Waals surface area contributed by atoms with Crippen LogP contribution in [-0.4, -0.2) is 43.1 Å². The van der Waals surface area contributed by atoms with E-state index < -0.39 is 0 Å². The van der Waals surface area contributed by atoms with E-state index in [1.54, 1.807) is 0 Å². The summed E-state index contributed by atoms with van der Waals surface area (Å²) in [5.74, 6) is 1.37. The fourth-order valence-electron chi connectivity index (χ4n) is 2.59. The molecular formula is C16H15N3O2. The summed E-state index contributed by atoms with van der Waals surface area (Å²) >= 11 is 0. The van der Waals surface area contributed by atoms with E-state index >= 15 is 0 Å². The molecule has 2 aliphatic heterocycles. The molecule has 0 aliphatic carbocycles. The van der Waals surface area contributed by atoms with Crippen molar-refractivity contribution in [1.29, 1.82) is 0 Å². The number of hydrogen-bond acceptors (Lipinski definition) is 4. The highest BCUT2D eigenvalue weighted by molar-refractivity contribution is 6.08. The van der Waals surface area contributed by atoms with Gasteiger partial charge in [0.2, 0.25) is 11.8 Å². The van der Waals surface area contributed by atoms with Gasteiger partial charge in [0.15, 0.2) is 0 Å². The fourth-order valence-corrected chi connectivity index (χ4v) is 2.59. The fraction of sp³-hybridized carbons (Fsp3) is 0.250. The second-order valence-corrected chi connectivity index (χ2v) is 4.92. The molecule has 0 unspecified atom stereocenters. The van der Waals surface area contributed by atoms with Gasteiger partial charge in [0.25, 0.3) is 0 Å². The molecule has 0 fully saturated rings. The number of aromatic nitrogens is 1. The standard InChI is InChI=1S/C16H15N3O2/c1-2-4-12-11(3-1)13(9-15-17-5-7-20-15)19-14(12)10-16-18-6-8-21-16/h1-4,9-10,19H,5-8H2. The summed E-state index contributed by atoms with van der Waals surface area (Å²) in [4.78, 5) is 12.0. The summed E-state index contributed by atoms with van der Waals surface area (Å²) in [5, 5.41) is 4.27. The van der Waals surface area contributed by atoms with Crippen LogP contribution in [0.15, 0.2) is 34.3 Å². The maximum absolute atomic E-state index is 5.46. The molecule has 3 heterocycles. The number of ether oxygens (including phenoxy) is 2. The first-order valence-electron chi connectivity index (χ1n) is 7.05. The minimum atomic E-state index is 0.661. The van der Waals surface area contributed by atoms with Crippen molar-refractivity contribution in [2.24, 2.45) is 9.98 Å². The topological polar surface area (TPSA) is 59.0 Å². The Morgan fingerprint density at radius 2 is 1.38 bits per heavy atom. The van der Waals surface area contributed by atoms with E-state index in [0.717, 1.165) is 34.6 Å². The Balaban J connectivity index is 1.92. The molecule has 0 bridgehead atoms. The van der Waals surface area contributed by atoms with Crippen LogP contribution in [0.5, 0.6) is 0 Å². The Kier molecular flexibility index (Phi) is 2.96. The molecule has 0 saturated heterocycles. The highest BCUT2D eigenvalue weighted by Gasteiger charge is 2.08. The van der Waals surface area contributed by atoms with Crippen LogP contribution in [0.1, 0.15) is 0 Å². The summed E-state index contributed by atoms with van der Waals surface area (Å²) in [5.41, 5.74) is 0. The van der Waals surface area contributed by atoms with Gasteiger partial charge >= 0.3 is 0 Å². The van der Waals surface area contributed by atoms with Crippen molar-refractivity contribution in [3.63, 3.8) is 0 Å². The van der Waals surface area contributed by atoms with Crippen LogP contribution in [0.25, 0.3) is 22.9 Å². The summed E-state index contributed by atoms with van der Waals surface area (Å²) in [6.45, 7) is 2.78. The molecule has 2 aromatic rings. The number of fused-ring (bicyclic) bond motifs is 1. The third-order valence-corrected chi connectivity index (χ3v) is 3.53. The summed E-state index contributed by atoms with van der Waals surface area (Å²) in [7, 11) is 0. The molecule has 1 N–H and O–H groups in total. The van der Waals surface area contributed by atoms with Gasteiger partial charge in [0.05, 0.1) is 23.8 Å². The number of hydrogen-bond donors (Lipinski definition) is 1. The zero-order valence-electron chi connectivity index (χ0n) is 11.5. The second kappa shape index (κ2) is 5.09. The van der Waals surface area contributed by atoms with E-state index in [9.17, 15) is 0 Å². The number of benzene rings is 1. The van der Waals surface area contributed by atoms with Crippen LogP contribution in [0.2, 0.25) is 0 Å². The molecule has 1 aromatic heterocycles. The van der Waals surface area contributed by atoms with Crippen LogP contribution in [0, 0.1) is 0 Å². The van der Waals surface area contributed by atoms with E-state index in [-0.39, 0.29) is 0 Å². The van der Waals surface area contributed by atoms with Gasteiger partial charge in [-0.25, -0.2) is 9.98 Å². The normalized spacial score (nSPS) is 19.6. The minimum absolute atomic E-state index is 0.661. The Morgan fingerprint density at radius 3 is 1.81 bits per heavy atom. The maximum Gasteiger partial charge on any atom is 0.210 e. The van der Waals surface area contributed by atoms with E-state index in [2.05, 4.69) is 27.1 Å². The molecule has 0 radical (unpaired) electrons. The minimum Gasteiger partial charge on any atom is -0.476 e. The zero-order chi connectivity index (χ0) is 14.1. The van der Waals surface area contributed by atoms with Crippen molar-refractivity contribution in [3.8, 4) is 0 Å². The predicted molar refractivity (Wildman–Crippen MR) is 83.0 cm³/mol. The van der Waals surface area contributed by atoms with Crippen molar-refractivity contribution in [2.45, 2.75) is 0 Å². The van der Waals surface area contributed by atoms with Crippen molar-refractivity contribution in [1.82, 2.24) is 4.98 Å². The van der Waals surface area contributed by atoms with Gasteiger partial charge < -0.3 is 14.5 Å². The van der Waals surface area contributed by atoms with Gasteiger partial charge in [-0.15, -0.1) is 0 Å². The third kappa shape index (κ3) is 2.31. The Labute approximate surface area is 121 Å². The Hall–Kier alpha value is -2.56. The van der Waals surface area contributed by atoms with Crippen molar-refractivity contribution < 1.29 is 9.47 Å². The number of aromatic amines is 1. The van der Waals surface area contributed by atoms with Gasteiger partial charge in [-0.3, -0.25) is 0 Å². The summed E-state index contributed by atoms with van der Waals surface area (Å²) in [6, 6.07) is 8.22. The van der Waals surface area contributed by atoms with Gasteiger partial charge in [-0.1, -0.05) is 24.3 Å². The van der Waals surface area contributed by atoms with Crippen molar-refractivity contribution >= 4 is 34.7 Å². The van der Waals surface area contributed by atoms with Crippen molar-refractivity contribution in [3.05, 3.63) is 35.0 Å². The maximum atomic E-state index is 5.46. The number of nitrogens with zero attached hydrogens (tertiary/aromatic N) is 2. The Bertz CT molecular complexity index is 791. The number of rotatable bonds is 2. The molecule has 5 nitrogen and oxygen atoms in total. The molecule has 21 heavy (non-hydrogen) atoms. The summed E-state index contributed by atoms with van der Waals surface area (Å²) < 4.78 is 10.9. The molecule has 2 aliphatic rings. The third-order valence-electron chi connectivity index (χ3n) is 3.53. The van der Waals surface area contributed by atoms with E-state index in [0.29, 0.717) is 25.0 Å². The number of aliphatic imine (C=N–C) groups is 2. The van der Waals surface area contributed by atoms with E-state index in [1.165, 1.54) is 0 Å². The smallest absolute Gasteiger partial charge is 0.210 e. The molecule has 4 rings (SSSR count). The Morgan fingerprint density at radius 1 is 0.857 bits per heavy atom. The van der Waals surface area contributed by atoms with Crippen LogP contribution >= 0.6 is 0 Å². The average molecular weight is 281 g/mol. The van der Waals surface area contributed by atoms with Crippen LogP contribution < -0.4 is 10.7 Å². The van der Waals surface area contributed by atoms with Crippen LogP contribution in [0.3, 0.4) is 0 Å². The molecule has 0 amide bonds. The van der Waals surface area contributed by atoms with E-state index in [1.807, 2.05) is 24.3 Å². The molecule has 1 aromatic carbocycles. The first kappa shape index (κ1) is 12.2. The highest BCUT2D eigenvalue weighted by atomic mass is 16.5. The van der Waals surface area contributed by atoms with Gasteiger partial charge in [-0.05, 0) is 0 Å². The average Bonchev–Trinajstić information content (AvgIpc) is 3.23. The lowest BCUT2D eigenvalue weighted by Gasteiger charge is -1.92. The zero-order valence-corrected chi connectivity index (χ0v) is 11.5. The number of nitrogens with one attached hydrogen (secondary N) is 1. The van der Waals surface area contributed by atoms with Gasteiger partial charge in [-0.2, -0.15) is 0 Å². The summed E-state index contributed by atoms with van der Waals surface area (Å²) in [6.07, 6.45) is 3.90. The first-order valence-corrected chi connectivity index (χ1v) is 7.05. The monoisotopic (exact) mass is 281 g/mol. The lowest BCUT2D eigenvalue weighted by atomic mass is 10.2. The van der Waals surface area contributed by atoms with Crippen molar-refractivity contribution in [2.75, 3.05) is 26.3 Å². The van der Waals surface area contributed by atoms with Gasteiger partial charge in [0.1, 0.15) is 13.2 Å². The molecule has 0 spiro atoms. The largest absolute Gasteiger partial charge is 0.476 e. The number of H-pyrrole nitrogens is 1. The molecule has 0 atom stereocenters. The second-order valence-electron chi connectivity index (χ2n) is 4.92.